The lowest BCUT2D eigenvalue weighted by molar-refractivity contribution is -0.126. The van der Waals surface area contributed by atoms with E-state index in [1.54, 1.807) is 0 Å². The van der Waals surface area contributed by atoms with Crippen LogP contribution in [-0.4, -0.2) is 39.2 Å². The topological polar surface area (TPSA) is 99.9 Å². The van der Waals surface area contributed by atoms with Crippen LogP contribution < -0.4 is 10.2 Å². The van der Waals surface area contributed by atoms with Gasteiger partial charge in [0.25, 0.3) is 6.01 Å². The highest BCUT2D eigenvalue weighted by Crippen LogP contribution is 2.27. The molecule has 1 aliphatic rings. The number of anilines is 1. The second-order valence-electron chi connectivity index (χ2n) is 7.45. The Bertz CT molecular complexity index is 1080. The molecule has 2 N–H and O–H groups in total. The van der Waals surface area contributed by atoms with Crippen LogP contribution in [0.5, 0.6) is 0 Å². The Morgan fingerprint density at radius 1 is 1.10 bits per heavy atom. The molecule has 0 radical (unpaired) electrons. The van der Waals surface area contributed by atoms with E-state index in [2.05, 4.69) is 30.4 Å². The fourth-order valence-corrected chi connectivity index (χ4v) is 3.90. The van der Waals surface area contributed by atoms with E-state index in [4.69, 9.17) is 4.42 Å². The first-order valence-corrected chi connectivity index (χ1v) is 10.1. The molecule has 8 nitrogen and oxygen atoms in total. The number of carbonyl (C=O) groups excluding carboxylic acids is 1. The molecule has 0 aliphatic carbocycles. The van der Waals surface area contributed by atoms with E-state index < -0.39 is 0 Å². The van der Waals surface area contributed by atoms with Crippen molar-refractivity contribution in [2.45, 2.75) is 18.9 Å². The minimum atomic E-state index is -0.351. The summed E-state index contributed by atoms with van der Waals surface area (Å²) in [6, 6.07) is 17.8. The molecule has 1 amide bonds. The molecular weight excluding hydrogens is 380 g/mol. The SMILES string of the molecule is O=C(N[C@H](c1ccccc1)c1ncn[nH]1)C1CCN(c2nc3ccccc3o2)CC1. The normalized spacial score (nSPS) is 15.9. The molecule has 1 atom stereocenters. The van der Waals surface area contributed by atoms with Crippen molar-refractivity contribution in [3.63, 3.8) is 0 Å². The molecular formula is C22H22N6O2. The summed E-state index contributed by atoms with van der Waals surface area (Å²) in [7, 11) is 0. The monoisotopic (exact) mass is 402 g/mol. The summed E-state index contributed by atoms with van der Waals surface area (Å²) in [5.74, 6) is 0.579. The minimum absolute atomic E-state index is 0.0254. The molecule has 1 fully saturated rings. The van der Waals surface area contributed by atoms with Gasteiger partial charge in [-0.15, -0.1) is 0 Å². The lowest BCUT2D eigenvalue weighted by Crippen LogP contribution is -2.42. The standard InChI is InChI=1S/C22H22N6O2/c29-21(26-19(20-23-14-24-27-20)15-6-2-1-3-7-15)16-10-12-28(13-11-16)22-25-17-8-4-5-9-18(17)30-22/h1-9,14,16,19H,10-13H2,(H,26,29)(H,23,24,27)/t19-/m1/s1. The summed E-state index contributed by atoms with van der Waals surface area (Å²) < 4.78 is 5.87. The molecule has 3 heterocycles. The maximum atomic E-state index is 13.0. The van der Waals surface area contributed by atoms with E-state index in [1.165, 1.54) is 6.33 Å². The van der Waals surface area contributed by atoms with Crippen LogP contribution in [0.25, 0.3) is 11.1 Å². The number of hydrogen-bond donors (Lipinski definition) is 2. The van der Waals surface area contributed by atoms with Gasteiger partial charge in [0.1, 0.15) is 17.9 Å². The number of fused-ring (bicyclic) bond motifs is 1. The molecule has 30 heavy (non-hydrogen) atoms. The van der Waals surface area contributed by atoms with Crippen LogP contribution in [0.2, 0.25) is 0 Å². The van der Waals surface area contributed by atoms with Gasteiger partial charge in [0.15, 0.2) is 11.4 Å². The van der Waals surface area contributed by atoms with E-state index in [0.29, 0.717) is 11.8 Å². The Kier molecular flexibility index (Phi) is 4.88. The number of para-hydroxylation sites is 2. The summed E-state index contributed by atoms with van der Waals surface area (Å²) in [6.07, 6.45) is 2.93. The van der Waals surface area contributed by atoms with Gasteiger partial charge in [-0.1, -0.05) is 42.5 Å². The number of nitrogens with zero attached hydrogens (tertiary/aromatic N) is 4. The second kappa shape index (κ2) is 7.98. The molecule has 0 saturated carbocycles. The van der Waals surface area contributed by atoms with Crippen molar-refractivity contribution in [1.29, 1.82) is 0 Å². The number of H-pyrrole nitrogens is 1. The van der Waals surface area contributed by atoms with Crippen molar-refractivity contribution in [1.82, 2.24) is 25.5 Å². The average Bonchev–Trinajstić information content (AvgIpc) is 3.48. The highest BCUT2D eigenvalue weighted by molar-refractivity contribution is 5.80. The van der Waals surface area contributed by atoms with Gasteiger partial charge in [0, 0.05) is 19.0 Å². The Hall–Kier alpha value is -3.68. The number of amides is 1. The molecule has 8 heteroatoms. The molecule has 152 valence electrons. The van der Waals surface area contributed by atoms with Gasteiger partial charge in [-0.25, -0.2) is 4.98 Å². The average molecular weight is 402 g/mol. The number of rotatable bonds is 5. The van der Waals surface area contributed by atoms with Crippen molar-refractivity contribution in [2.24, 2.45) is 5.92 Å². The van der Waals surface area contributed by atoms with E-state index in [0.717, 1.165) is 42.6 Å². The zero-order valence-electron chi connectivity index (χ0n) is 16.4. The van der Waals surface area contributed by atoms with E-state index in [1.807, 2.05) is 54.6 Å². The van der Waals surface area contributed by atoms with Gasteiger partial charge >= 0.3 is 0 Å². The fourth-order valence-electron chi connectivity index (χ4n) is 3.90. The first-order chi connectivity index (χ1) is 14.8. The third kappa shape index (κ3) is 3.63. The van der Waals surface area contributed by atoms with Crippen LogP contribution in [0.1, 0.15) is 30.3 Å². The van der Waals surface area contributed by atoms with E-state index in [-0.39, 0.29) is 17.9 Å². The van der Waals surface area contributed by atoms with Crippen molar-refractivity contribution < 1.29 is 9.21 Å². The van der Waals surface area contributed by atoms with Crippen LogP contribution >= 0.6 is 0 Å². The minimum Gasteiger partial charge on any atom is -0.423 e. The second-order valence-corrected chi connectivity index (χ2v) is 7.45. The summed E-state index contributed by atoms with van der Waals surface area (Å²) in [6.45, 7) is 1.45. The fraction of sp³-hybridized carbons (Fsp3) is 0.273. The predicted octanol–water partition coefficient (Wildman–Crippen LogP) is 3.07. The molecule has 1 saturated heterocycles. The van der Waals surface area contributed by atoms with Gasteiger partial charge in [0.05, 0.1) is 0 Å². The maximum absolute atomic E-state index is 13.0. The largest absolute Gasteiger partial charge is 0.423 e. The van der Waals surface area contributed by atoms with E-state index >= 15 is 0 Å². The van der Waals surface area contributed by atoms with Crippen LogP contribution in [0.4, 0.5) is 6.01 Å². The van der Waals surface area contributed by atoms with Crippen LogP contribution in [-0.2, 0) is 4.79 Å². The third-order valence-electron chi connectivity index (χ3n) is 5.55. The van der Waals surface area contributed by atoms with Crippen molar-refractivity contribution in [3.8, 4) is 0 Å². The summed E-state index contributed by atoms with van der Waals surface area (Å²) >= 11 is 0. The maximum Gasteiger partial charge on any atom is 0.298 e. The van der Waals surface area contributed by atoms with Gasteiger partial charge in [-0.2, -0.15) is 10.1 Å². The van der Waals surface area contributed by atoms with Crippen molar-refractivity contribution >= 4 is 23.0 Å². The third-order valence-corrected chi connectivity index (χ3v) is 5.55. The lowest BCUT2D eigenvalue weighted by atomic mass is 9.95. The molecule has 2 aromatic carbocycles. The first kappa shape index (κ1) is 18.4. The lowest BCUT2D eigenvalue weighted by Gasteiger charge is -2.31. The molecule has 0 unspecified atom stereocenters. The van der Waals surface area contributed by atoms with Crippen molar-refractivity contribution in [2.75, 3.05) is 18.0 Å². The number of oxazole rings is 1. The zero-order valence-corrected chi connectivity index (χ0v) is 16.4. The summed E-state index contributed by atoms with van der Waals surface area (Å²) in [4.78, 5) is 24.0. The number of carbonyl (C=O) groups is 1. The van der Waals surface area contributed by atoms with E-state index in [9.17, 15) is 4.79 Å². The highest BCUT2D eigenvalue weighted by atomic mass is 16.4. The summed E-state index contributed by atoms with van der Waals surface area (Å²) in [5.41, 5.74) is 2.60. The van der Waals surface area contributed by atoms with Crippen LogP contribution in [0.3, 0.4) is 0 Å². The van der Waals surface area contributed by atoms with Gasteiger partial charge in [-0.3, -0.25) is 9.89 Å². The molecule has 1 aliphatic heterocycles. The molecule has 0 spiro atoms. The Morgan fingerprint density at radius 2 is 1.87 bits per heavy atom. The summed E-state index contributed by atoms with van der Waals surface area (Å²) in [5, 5.41) is 9.97. The first-order valence-electron chi connectivity index (χ1n) is 10.1. The number of aromatic amines is 1. The van der Waals surface area contributed by atoms with Gasteiger partial charge < -0.3 is 14.6 Å². The number of nitrogens with one attached hydrogen (secondary N) is 2. The number of aromatic nitrogens is 4. The number of hydrogen-bond acceptors (Lipinski definition) is 6. The quantitative estimate of drug-likeness (QED) is 0.532. The Morgan fingerprint density at radius 3 is 2.60 bits per heavy atom. The van der Waals surface area contributed by atoms with Gasteiger partial charge in [-0.05, 0) is 30.5 Å². The zero-order chi connectivity index (χ0) is 20.3. The smallest absolute Gasteiger partial charge is 0.298 e. The number of benzene rings is 2. The van der Waals surface area contributed by atoms with Crippen LogP contribution in [0.15, 0.2) is 65.3 Å². The van der Waals surface area contributed by atoms with Gasteiger partial charge in [0.2, 0.25) is 5.91 Å². The molecule has 2 aromatic heterocycles. The molecule has 5 rings (SSSR count). The number of piperidine rings is 1. The molecule has 0 bridgehead atoms. The Balaban J connectivity index is 1.26. The van der Waals surface area contributed by atoms with Crippen LogP contribution in [0, 0.1) is 5.92 Å². The Labute approximate surface area is 173 Å². The van der Waals surface area contributed by atoms with Crippen molar-refractivity contribution in [3.05, 3.63) is 72.3 Å². The highest BCUT2D eigenvalue weighted by Gasteiger charge is 2.29. The molecule has 4 aromatic rings. The predicted molar refractivity (Wildman–Crippen MR) is 112 cm³/mol.